The van der Waals surface area contributed by atoms with Crippen LogP contribution >= 0.6 is 11.8 Å². The van der Waals surface area contributed by atoms with Crippen molar-refractivity contribution in [3.8, 4) is 0 Å². The third kappa shape index (κ3) is 5.82. The van der Waals surface area contributed by atoms with E-state index in [4.69, 9.17) is 0 Å². The molecule has 1 fully saturated rings. The lowest BCUT2D eigenvalue weighted by Gasteiger charge is -2.12. The van der Waals surface area contributed by atoms with Gasteiger partial charge in [0, 0.05) is 11.3 Å². The maximum absolute atomic E-state index is 3.61. The molecule has 0 heterocycles. The zero-order chi connectivity index (χ0) is 11.0. The van der Waals surface area contributed by atoms with Gasteiger partial charge in [0.2, 0.25) is 0 Å². The lowest BCUT2D eigenvalue weighted by Crippen LogP contribution is -2.26. The Balaban J connectivity index is 1.77. The van der Waals surface area contributed by atoms with Gasteiger partial charge in [-0.05, 0) is 32.1 Å². The number of hydrogen-bond donors (Lipinski definition) is 1. The third-order valence-corrected chi connectivity index (χ3v) is 4.81. The van der Waals surface area contributed by atoms with Crippen molar-refractivity contribution in [3.05, 3.63) is 0 Å². The Morgan fingerprint density at radius 3 is 2.33 bits per heavy atom. The maximum atomic E-state index is 3.61. The Bertz CT molecular complexity index is 155. The summed E-state index contributed by atoms with van der Waals surface area (Å²) >= 11 is 2.05. The first kappa shape index (κ1) is 13.4. The van der Waals surface area contributed by atoms with Crippen LogP contribution in [0.4, 0.5) is 0 Å². The zero-order valence-electron chi connectivity index (χ0n) is 10.5. The Morgan fingerprint density at radius 1 is 1.07 bits per heavy atom. The lowest BCUT2D eigenvalue weighted by molar-refractivity contribution is 0.567. The van der Waals surface area contributed by atoms with Crippen molar-refractivity contribution >= 4 is 11.8 Å². The molecule has 0 unspecified atom stereocenters. The fourth-order valence-electron chi connectivity index (χ4n) is 1.94. The topological polar surface area (TPSA) is 12.0 Å². The van der Waals surface area contributed by atoms with Gasteiger partial charge in [-0.2, -0.15) is 11.8 Å². The number of nitrogens with one attached hydrogen (secondary N) is 1. The van der Waals surface area contributed by atoms with Crippen LogP contribution < -0.4 is 5.32 Å². The Hall–Kier alpha value is 0.310. The molecule has 0 radical (unpaired) electrons. The van der Waals surface area contributed by atoms with Gasteiger partial charge in [0.15, 0.2) is 0 Å². The van der Waals surface area contributed by atoms with Gasteiger partial charge in [0.25, 0.3) is 0 Å². The van der Waals surface area contributed by atoms with E-state index in [-0.39, 0.29) is 0 Å². The van der Waals surface area contributed by atoms with Crippen molar-refractivity contribution in [2.24, 2.45) is 0 Å². The van der Waals surface area contributed by atoms with Gasteiger partial charge in [-0.1, -0.05) is 39.0 Å². The molecule has 0 aromatic heterocycles. The van der Waals surface area contributed by atoms with Crippen molar-refractivity contribution in [2.45, 2.75) is 63.0 Å². The van der Waals surface area contributed by atoms with Crippen LogP contribution in [0.15, 0.2) is 0 Å². The highest BCUT2D eigenvalue weighted by atomic mass is 32.2. The Labute approximate surface area is 99.8 Å². The maximum Gasteiger partial charge on any atom is 0.0282 e. The summed E-state index contributed by atoms with van der Waals surface area (Å²) in [6.45, 7) is 4.75. The normalized spacial score (nSPS) is 18.0. The minimum Gasteiger partial charge on any atom is -0.315 e. The minimum absolute atomic E-state index is 0.641. The molecule has 1 nitrogen and oxygen atoms in total. The predicted octanol–water partition coefficient (Wildman–Crippen LogP) is 3.83. The average molecular weight is 229 g/mol. The van der Waals surface area contributed by atoms with Crippen LogP contribution in [0.25, 0.3) is 0 Å². The summed E-state index contributed by atoms with van der Waals surface area (Å²) in [5.74, 6) is 0. The summed E-state index contributed by atoms with van der Waals surface area (Å²) in [5, 5.41) is 3.61. The van der Waals surface area contributed by atoms with Gasteiger partial charge >= 0.3 is 0 Å². The number of hydrogen-bond acceptors (Lipinski definition) is 2. The first-order valence-electron chi connectivity index (χ1n) is 6.59. The van der Waals surface area contributed by atoms with E-state index in [1.807, 2.05) is 0 Å². The number of rotatable bonds is 10. The Morgan fingerprint density at radius 2 is 1.73 bits per heavy atom. The van der Waals surface area contributed by atoms with Crippen LogP contribution in [0, 0.1) is 0 Å². The zero-order valence-corrected chi connectivity index (χ0v) is 11.3. The molecule has 1 aliphatic rings. The molecule has 1 rings (SSSR count). The molecule has 2 heteroatoms. The van der Waals surface area contributed by atoms with Crippen LogP contribution in [0.3, 0.4) is 0 Å². The lowest BCUT2D eigenvalue weighted by atomic mass is 10.1. The molecule has 0 saturated heterocycles. The fourth-order valence-corrected chi connectivity index (χ4v) is 2.70. The van der Waals surface area contributed by atoms with Gasteiger partial charge in [-0.15, -0.1) is 0 Å². The molecule has 90 valence electrons. The molecule has 0 aromatic rings. The summed E-state index contributed by atoms with van der Waals surface area (Å²) in [7, 11) is 0. The van der Waals surface area contributed by atoms with Gasteiger partial charge < -0.3 is 5.32 Å². The molecule has 0 spiro atoms. The largest absolute Gasteiger partial charge is 0.315 e. The van der Waals surface area contributed by atoms with E-state index < -0.39 is 0 Å². The number of thioether (sulfide) groups is 1. The van der Waals surface area contributed by atoms with E-state index in [0.29, 0.717) is 4.75 Å². The standard InChI is InChI=1S/C13H27NS/c1-3-4-5-6-7-8-11-14-12-13(15-2)9-10-13/h14H,3-12H2,1-2H3. The minimum atomic E-state index is 0.641. The average Bonchev–Trinajstić information content (AvgIpc) is 3.03. The number of unbranched alkanes of at least 4 members (excludes halogenated alkanes) is 5. The Kier molecular flexibility index (Phi) is 6.74. The highest BCUT2D eigenvalue weighted by Crippen LogP contribution is 2.46. The molecule has 1 N–H and O–H groups in total. The van der Waals surface area contributed by atoms with E-state index in [9.17, 15) is 0 Å². The van der Waals surface area contributed by atoms with Crippen LogP contribution in [0.2, 0.25) is 0 Å². The second-order valence-electron chi connectivity index (χ2n) is 4.83. The quantitative estimate of drug-likeness (QED) is 0.571. The van der Waals surface area contributed by atoms with Gasteiger partial charge in [-0.3, -0.25) is 0 Å². The first-order valence-corrected chi connectivity index (χ1v) is 7.81. The summed E-state index contributed by atoms with van der Waals surface area (Å²) in [6, 6.07) is 0. The predicted molar refractivity (Wildman–Crippen MR) is 71.7 cm³/mol. The van der Waals surface area contributed by atoms with E-state index in [2.05, 4.69) is 30.3 Å². The molecule has 15 heavy (non-hydrogen) atoms. The van der Waals surface area contributed by atoms with E-state index in [1.165, 1.54) is 64.5 Å². The molecular weight excluding hydrogens is 202 g/mol. The molecule has 0 aromatic carbocycles. The molecule has 0 amide bonds. The molecule has 1 aliphatic carbocycles. The molecule has 0 atom stereocenters. The van der Waals surface area contributed by atoms with Crippen molar-refractivity contribution < 1.29 is 0 Å². The van der Waals surface area contributed by atoms with Crippen molar-refractivity contribution in [1.29, 1.82) is 0 Å². The summed E-state index contributed by atoms with van der Waals surface area (Å²) < 4.78 is 0.641. The highest BCUT2D eigenvalue weighted by Gasteiger charge is 2.41. The van der Waals surface area contributed by atoms with Crippen molar-refractivity contribution in [1.82, 2.24) is 5.32 Å². The van der Waals surface area contributed by atoms with E-state index >= 15 is 0 Å². The van der Waals surface area contributed by atoms with E-state index in [0.717, 1.165) is 0 Å². The van der Waals surface area contributed by atoms with Crippen LogP contribution in [-0.2, 0) is 0 Å². The first-order chi connectivity index (χ1) is 7.33. The van der Waals surface area contributed by atoms with Crippen molar-refractivity contribution in [3.63, 3.8) is 0 Å². The van der Waals surface area contributed by atoms with Crippen LogP contribution in [0.1, 0.15) is 58.3 Å². The summed E-state index contributed by atoms with van der Waals surface area (Å²) in [5.41, 5.74) is 0. The highest BCUT2D eigenvalue weighted by molar-refractivity contribution is 8.00. The van der Waals surface area contributed by atoms with Gasteiger partial charge in [-0.25, -0.2) is 0 Å². The van der Waals surface area contributed by atoms with E-state index in [1.54, 1.807) is 0 Å². The molecule has 1 saturated carbocycles. The van der Waals surface area contributed by atoms with Crippen LogP contribution in [0.5, 0.6) is 0 Å². The van der Waals surface area contributed by atoms with Gasteiger partial charge in [0.05, 0.1) is 0 Å². The SMILES string of the molecule is CCCCCCCCNCC1(SC)CC1. The second kappa shape index (κ2) is 7.56. The van der Waals surface area contributed by atoms with Crippen molar-refractivity contribution in [2.75, 3.05) is 19.3 Å². The molecule has 0 aliphatic heterocycles. The summed E-state index contributed by atoms with van der Waals surface area (Å²) in [4.78, 5) is 0. The molecular formula is C13H27NS. The molecule has 0 bridgehead atoms. The smallest absolute Gasteiger partial charge is 0.0282 e. The van der Waals surface area contributed by atoms with Gasteiger partial charge in [0.1, 0.15) is 0 Å². The monoisotopic (exact) mass is 229 g/mol. The van der Waals surface area contributed by atoms with Crippen LogP contribution in [-0.4, -0.2) is 24.1 Å². The second-order valence-corrected chi connectivity index (χ2v) is 6.11. The summed E-state index contributed by atoms with van der Waals surface area (Å²) in [6.07, 6.45) is 13.5. The third-order valence-electron chi connectivity index (χ3n) is 3.39. The fraction of sp³-hybridized carbons (Fsp3) is 1.00.